The molecule has 2 N–H and O–H groups in total. The number of aliphatic imine (C=N–C) groups is 1. The summed E-state index contributed by atoms with van der Waals surface area (Å²) in [6.07, 6.45) is 3.57. The van der Waals surface area contributed by atoms with E-state index in [1.165, 1.54) is 40.3 Å². The van der Waals surface area contributed by atoms with E-state index in [2.05, 4.69) is 20.3 Å². The van der Waals surface area contributed by atoms with Crippen molar-refractivity contribution >= 4 is 30.1 Å². The summed E-state index contributed by atoms with van der Waals surface area (Å²) in [5, 5.41) is 11.6. The molecule has 0 aliphatic carbocycles. The normalized spacial score (nSPS) is 11.0. The molecule has 0 radical (unpaired) electrons. The van der Waals surface area contributed by atoms with Crippen molar-refractivity contribution in [1.29, 1.82) is 0 Å². The van der Waals surface area contributed by atoms with E-state index in [0.717, 1.165) is 12.6 Å². The van der Waals surface area contributed by atoms with Crippen LogP contribution < -0.4 is 10.1 Å². The van der Waals surface area contributed by atoms with Gasteiger partial charge in [-0.2, -0.15) is 0 Å². The number of nitrogens with one attached hydrogen (secondary N) is 1. The molecule has 198 valence electrons. The van der Waals surface area contributed by atoms with Gasteiger partial charge in [0.15, 0.2) is 5.69 Å². The van der Waals surface area contributed by atoms with Crippen molar-refractivity contribution in [3.63, 3.8) is 0 Å². The summed E-state index contributed by atoms with van der Waals surface area (Å²) >= 11 is 0. The predicted molar refractivity (Wildman–Crippen MR) is 137 cm³/mol. The van der Waals surface area contributed by atoms with Gasteiger partial charge in [0.25, 0.3) is 0 Å². The molecule has 38 heavy (non-hydrogen) atoms. The van der Waals surface area contributed by atoms with E-state index in [9.17, 15) is 18.8 Å². The zero-order valence-electron chi connectivity index (χ0n) is 21.1. The number of rotatable bonds is 9. The monoisotopic (exact) mass is 522 g/mol. The number of benzene rings is 2. The summed E-state index contributed by atoms with van der Waals surface area (Å²) in [6, 6.07) is 10.1. The number of halogens is 1. The zero-order valence-corrected chi connectivity index (χ0v) is 21.1. The summed E-state index contributed by atoms with van der Waals surface area (Å²) in [5.74, 6) is -1.09. The number of hydrogen-bond donors (Lipinski definition) is 2. The van der Waals surface area contributed by atoms with Gasteiger partial charge >= 0.3 is 12.0 Å². The van der Waals surface area contributed by atoms with Gasteiger partial charge in [0.1, 0.15) is 11.6 Å². The molecule has 0 unspecified atom stereocenters. The van der Waals surface area contributed by atoms with Crippen LogP contribution in [-0.4, -0.2) is 62.8 Å². The maximum Gasteiger partial charge on any atom is 0.356 e. The average molecular weight is 523 g/mol. The molecule has 0 saturated heterocycles. The van der Waals surface area contributed by atoms with E-state index in [4.69, 9.17) is 9.84 Å². The van der Waals surface area contributed by atoms with Gasteiger partial charge in [0.05, 0.1) is 24.6 Å². The number of amides is 3. The summed E-state index contributed by atoms with van der Waals surface area (Å²) in [6.45, 7) is 4.24. The van der Waals surface area contributed by atoms with Crippen LogP contribution in [0.3, 0.4) is 0 Å². The molecule has 11 nitrogen and oxygen atoms in total. The van der Waals surface area contributed by atoms with Crippen molar-refractivity contribution in [1.82, 2.24) is 25.1 Å². The zero-order chi connectivity index (χ0) is 27.7. The first kappa shape index (κ1) is 27.7. The highest BCUT2D eigenvalue weighted by Crippen LogP contribution is 2.27. The first-order chi connectivity index (χ1) is 18.2. The lowest BCUT2D eigenvalue weighted by Gasteiger charge is -2.23. The Morgan fingerprint density at radius 2 is 1.89 bits per heavy atom. The molecule has 3 amide bonds. The van der Waals surface area contributed by atoms with Crippen LogP contribution in [0, 0.1) is 12.7 Å². The van der Waals surface area contributed by atoms with Crippen LogP contribution in [0.2, 0.25) is 0 Å². The molecule has 3 rings (SSSR count). The molecule has 3 aromatic rings. The molecule has 0 spiro atoms. The summed E-state index contributed by atoms with van der Waals surface area (Å²) in [4.78, 5) is 50.6. The fourth-order valence-electron chi connectivity index (χ4n) is 3.27. The minimum Gasteiger partial charge on any atom is -0.476 e. The largest absolute Gasteiger partial charge is 0.476 e. The Morgan fingerprint density at radius 1 is 1.16 bits per heavy atom. The van der Waals surface area contributed by atoms with Crippen molar-refractivity contribution in [3.8, 4) is 11.6 Å². The van der Waals surface area contributed by atoms with Crippen molar-refractivity contribution in [2.45, 2.75) is 26.8 Å². The second-order valence-electron chi connectivity index (χ2n) is 8.24. The van der Waals surface area contributed by atoms with Gasteiger partial charge in [-0.05, 0) is 54.8 Å². The number of hydrogen-bond acceptors (Lipinski definition) is 7. The number of carbonyl (C=O) groups is 3. The standard InChI is InChI=1S/C26H27FN6O5/c1-4-11-32(3)26(37)31-25(33(16-34)15-18-5-7-19(27)8-6-18)30-20-9-10-22(17(2)12-20)38-23-14-28-21(13-29-23)24(35)36/h5-10,12-14,16H,4,11,15H2,1-3H3,(H,35,36)(H,30,31,37). The second kappa shape index (κ2) is 12.9. The van der Waals surface area contributed by atoms with E-state index in [1.54, 1.807) is 32.2 Å². The third kappa shape index (κ3) is 7.56. The third-order valence-electron chi connectivity index (χ3n) is 5.25. The molecule has 0 aliphatic rings. The Bertz CT molecular complexity index is 1310. The van der Waals surface area contributed by atoms with Gasteiger partial charge in [0.2, 0.25) is 18.2 Å². The highest BCUT2D eigenvalue weighted by molar-refractivity contribution is 6.01. The van der Waals surface area contributed by atoms with Crippen LogP contribution in [0.4, 0.5) is 14.9 Å². The fourth-order valence-corrected chi connectivity index (χ4v) is 3.27. The fraction of sp³-hybridized carbons (Fsp3) is 0.231. The Labute approximate surface area is 218 Å². The van der Waals surface area contributed by atoms with Gasteiger partial charge in [-0.25, -0.2) is 28.9 Å². The molecule has 0 aliphatic heterocycles. The number of nitrogens with zero attached hydrogens (tertiary/aromatic N) is 5. The SMILES string of the molecule is CCCN(C)C(=O)NC(=Nc1ccc(Oc2cnc(C(=O)O)cn2)c(C)c1)N(C=O)Cc1ccc(F)cc1. The van der Waals surface area contributed by atoms with E-state index in [0.29, 0.717) is 35.5 Å². The molecule has 12 heteroatoms. The van der Waals surface area contributed by atoms with Crippen LogP contribution in [-0.2, 0) is 11.3 Å². The molecule has 1 aromatic heterocycles. The van der Waals surface area contributed by atoms with Crippen LogP contribution in [0.5, 0.6) is 11.6 Å². The summed E-state index contributed by atoms with van der Waals surface area (Å²) < 4.78 is 19.0. The maximum absolute atomic E-state index is 13.3. The Kier molecular flexibility index (Phi) is 9.41. The first-order valence-electron chi connectivity index (χ1n) is 11.6. The summed E-state index contributed by atoms with van der Waals surface area (Å²) in [5.41, 5.74) is 1.50. The van der Waals surface area contributed by atoms with E-state index >= 15 is 0 Å². The number of carboxylic acid groups (broad SMARTS) is 1. The van der Waals surface area contributed by atoms with Crippen LogP contribution >= 0.6 is 0 Å². The molecular formula is C26H27FN6O5. The van der Waals surface area contributed by atoms with Crippen molar-refractivity contribution < 1.29 is 28.6 Å². The Balaban J connectivity index is 1.88. The number of ether oxygens (including phenoxy) is 1. The van der Waals surface area contributed by atoms with Gasteiger partial charge in [0, 0.05) is 13.6 Å². The molecule has 0 fully saturated rings. The number of aromatic carboxylic acids is 1. The predicted octanol–water partition coefficient (Wildman–Crippen LogP) is 4.11. The Morgan fingerprint density at radius 3 is 2.47 bits per heavy atom. The van der Waals surface area contributed by atoms with Crippen LogP contribution in [0.1, 0.15) is 35.0 Å². The number of aryl methyl sites for hydroxylation is 1. The quantitative estimate of drug-likeness (QED) is 0.245. The Hall–Kier alpha value is -4.87. The maximum atomic E-state index is 13.3. The van der Waals surface area contributed by atoms with Gasteiger partial charge in [-0.3, -0.25) is 15.0 Å². The average Bonchev–Trinajstić information content (AvgIpc) is 2.90. The molecule has 1 heterocycles. The lowest BCUT2D eigenvalue weighted by Crippen LogP contribution is -2.47. The minimum atomic E-state index is -1.20. The number of guanidine groups is 1. The molecule has 0 atom stereocenters. The van der Waals surface area contributed by atoms with Crippen molar-refractivity contribution in [2.75, 3.05) is 13.6 Å². The van der Waals surface area contributed by atoms with Crippen LogP contribution in [0.15, 0.2) is 59.9 Å². The smallest absolute Gasteiger partial charge is 0.356 e. The van der Waals surface area contributed by atoms with Gasteiger partial charge < -0.3 is 14.7 Å². The van der Waals surface area contributed by atoms with Crippen LogP contribution in [0.25, 0.3) is 0 Å². The highest BCUT2D eigenvalue weighted by atomic mass is 19.1. The summed E-state index contributed by atoms with van der Waals surface area (Å²) in [7, 11) is 1.63. The number of aromatic nitrogens is 2. The van der Waals surface area contributed by atoms with E-state index in [1.807, 2.05) is 6.92 Å². The molecule has 0 saturated carbocycles. The number of urea groups is 1. The number of carbonyl (C=O) groups excluding carboxylic acids is 2. The second-order valence-corrected chi connectivity index (χ2v) is 8.24. The van der Waals surface area contributed by atoms with E-state index < -0.39 is 17.8 Å². The van der Waals surface area contributed by atoms with Crippen molar-refractivity contribution in [2.24, 2.45) is 4.99 Å². The van der Waals surface area contributed by atoms with Gasteiger partial charge in [-0.1, -0.05) is 19.1 Å². The van der Waals surface area contributed by atoms with Crippen molar-refractivity contribution in [3.05, 3.63) is 77.5 Å². The first-order valence-corrected chi connectivity index (χ1v) is 11.6. The lowest BCUT2D eigenvalue weighted by molar-refractivity contribution is -0.115. The van der Waals surface area contributed by atoms with Gasteiger partial charge in [-0.15, -0.1) is 0 Å². The lowest BCUT2D eigenvalue weighted by atomic mass is 10.2. The molecular weight excluding hydrogens is 495 g/mol. The molecule has 0 bridgehead atoms. The molecule has 2 aromatic carbocycles. The minimum absolute atomic E-state index is 0.0135. The highest BCUT2D eigenvalue weighted by Gasteiger charge is 2.18. The number of carboxylic acids is 1. The topological polar surface area (TPSA) is 137 Å². The van der Waals surface area contributed by atoms with E-state index in [-0.39, 0.29) is 24.1 Å². The third-order valence-corrected chi connectivity index (χ3v) is 5.25.